The first-order valence-corrected chi connectivity index (χ1v) is 8.40. The van der Waals surface area contributed by atoms with Gasteiger partial charge in [0.15, 0.2) is 5.76 Å². The van der Waals surface area contributed by atoms with Crippen LogP contribution in [-0.4, -0.2) is 11.8 Å². The lowest BCUT2D eigenvalue weighted by Crippen LogP contribution is -2.22. The minimum Gasteiger partial charge on any atom is -0.454 e. The van der Waals surface area contributed by atoms with Crippen molar-refractivity contribution in [2.24, 2.45) is 0 Å². The van der Waals surface area contributed by atoms with Crippen molar-refractivity contribution < 1.29 is 14.0 Å². The predicted molar refractivity (Wildman–Crippen MR) is 98.4 cm³/mol. The number of carbonyl (C=O) groups is 2. The summed E-state index contributed by atoms with van der Waals surface area (Å²) in [7, 11) is 0. The third-order valence-corrected chi connectivity index (χ3v) is 4.16. The number of nitrogens with one attached hydrogen (secondary N) is 2. The van der Waals surface area contributed by atoms with E-state index in [-0.39, 0.29) is 24.1 Å². The largest absolute Gasteiger partial charge is 0.454 e. The van der Waals surface area contributed by atoms with E-state index < -0.39 is 0 Å². The van der Waals surface area contributed by atoms with Crippen LogP contribution in [0.3, 0.4) is 0 Å². The molecule has 2 N–H and O–H groups in total. The summed E-state index contributed by atoms with van der Waals surface area (Å²) in [5.74, 6) is 0.130. The smallest absolute Gasteiger partial charge is 0.291 e. The Morgan fingerprint density at radius 2 is 1.60 bits per heavy atom. The number of halogens is 1. The van der Waals surface area contributed by atoms with Crippen molar-refractivity contribution in [3.8, 4) is 0 Å². The van der Waals surface area contributed by atoms with E-state index in [9.17, 15) is 9.59 Å². The van der Waals surface area contributed by atoms with Crippen LogP contribution in [0, 0.1) is 0 Å². The standard InChI is InChI=1S/C19H15BrN2O3/c20-15-8-4-5-9-16(15)22-19(24)17-11-10-14(25-17)12-21-18(23)13-6-2-1-3-7-13/h1-11H,12H2,(H,21,23)(H,22,24). The normalized spacial score (nSPS) is 10.3. The second-order valence-corrected chi connectivity index (χ2v) is 6.10. The summed E-state index contributed by atoms with van der Waals surface area (Å²) in [6, 6.07) is 19.5. The molecule has 0 saturated carbocycles. The fourth-order valence-electron chi connectivity index (χ4n) is 2.20. The molecule has 3 rings (SSSR count). The average molecular weight is 399 g/mol. The SMILES string of the molecule is O=C(NCc1ccc(C(=O)Nc2ccccc2Br)o1)c1ccccc1. The van der Waals surface area contributed by atoms with Gasteiger partial charge in [-0.05, 0) is 52.3 Å². The van der Waals surface area contributed by atoms with Gasteiger partial charge in [0.25, 0.3) is 11.8 Å². The van der Waals surface area contributed by atoms with Crippen LogP contribution in [0.25, 0.3) is 0 Å². The molecular formula is C19H15BrN2O3. The van der Waals surface area contributed by atoms with Crippen LogP contribution in [0.5, 0.6) is 0 Å². The van der Waals surface area contributed by atoms with Gasteiger partial charge in [-0.1, -0.05) is 30.3 Å². The molecule has 5 nitrogen and oxygen atoms in total. The maximum absolute atomic E-state index is 12.2. The van der Waals surface area contributed by atoms with Crippen molar-refractivity contribution in [3.05, 3.63) is 88.3 Å². The quantitative estimate of drug-likeness (QED) is 0.675. The van der Waals surface area contributed by atoms with E-state index in [1.165, 1.54) is 0 Å². The van der Waals surface area contributed by atoms with Crippen LogP contribution >= 0.6 is 15.9 Å². The molecule has 2 amide bonds. The van der Waals surface area contributed by atoms with Gasteiger partial charge >= 0.3 is 0 Å². The molecule has 0 fully saturated rings. The maximum Gasteiger partial charge on any atom is 0.291 e. The Labute approximate surface area is 153 Å². The van der Waals surface area contributed by atoms with Gasteiger partial charge in [-0.2, -0.15) is 0 Å². The Morgan fingerprint density at radius 1 is 0.880 bits per heavy atom. The Hall–Kier alpha value is -2.86. The molecule has 0 aliphatic rings. The van der Waals surface area contributed by atoms with E-state index >= 15 is 0 Å². The molecule has 6 heteroatoms. The highest BCUT2D eigenvalue weighted by molar-refractivity contribution is 9.10. The molecule has 0 saturated heterocycles. The number of amides is 2. The molecule has 0 aliphatic heterocycles. The third kappa shape index (κ3) is 4.36. The van der Waals surface area contributed by atoms with Crippen molar-refractivity contribution in [1.29, 1.82) is 0 Å². The summed E-state index contributed by atoms with van der Waals surface area (Å²) in [5, 5.41) is 5.52. The van der Waals surface area contributed by atoms with Crippen molar-refractivity contribution in [2.75, 3.05) is 5.32 Å². The number of anilines is 1. The van der Waals surface area contributed by atoms with Crippen LogP contribution in [0.15, 0.2) is 75.6 Å². The number of para-hydroxylation sites is 1. The van der Waals surface area contributed by atoms with Crippen molar-refractivity contribution >= 4 is 33.4 Å². The minimum absolute atomic E-state index is 0.180. The van der Waals surface area contributed by atoms with E-state index in [0.29, 0.717) is 17.0 Å². The molecule has 25 heavy (non-hydrogen) atoms. The number of hydrogen-bond acceptors (Lipinski definition) is 3. The molecule has 3 aromatic rings. The Kier molecular flexibility index (Phi) is 5.30. The maximum atomic E-state index is 12.2. The Bertz CT molecular complexity index is 890. The molecule has 1 heterocycles. The molecule has 0 bridgehead atoms. The molecule has 0 aliphatic carbocycles. The van der Waals surface area contributed by atoms with Crippen LogP contribution in [0.2, 0.25) is 0 Å². The first-order chi connectivity index (χ1) is 12.1. The first-order valence-electron chi connectivity index (χ1n) is 7.61. The zero-order valence-corrected chi connectivity index (χ0v) is 14.7. The van der Waals surface area contributed by atoms with Gasteiger partial charge in [-0.25, -0.2) is 0 Å². The molecule has 0 atom stereocenters. The topological polar surface area (TPSA) is 71.3 Å². The van der Waals surface area contributed by atoms with Crippen LogP contribution in [0.1, 0.15) is 26.7 Å². The average Bonchev–Trinajstić information content (AvgIpc) is 3.11. The van der Waals surface area contributed by atoms with Crippen LogP contribution in [0.4, 0.5) is 5.69 Å². The zero-order chi connectivity index (χ0) is 17.6. The fourth-order valence-corrected chi connectivity index (χ4v) is 2.58. The lowest BCUT2D eigenvalue weighted by molar-refractivity contribution is 0.0948. The predicted octanol–water partition coefficient (Wildman–Crippen LogP) is 4.22. The highest BCUT2D eigenvalue weighted by Gasteiger charge is 2.13. The van der Waals surface area contributed by atoms with Gasteiger partial charge in [0.05, 0.1) is 12.2 Å². The van der Waals surface area contributed by atoms with E-state index in [2.05, 4.69) is 26.6 Å². The van der Waals surface area contributed by atoms with Gasteiger partial charge in [0.2, 0.25) is 0 Å². The van der Waals surface area contributed by atoms with Crippen LogP contribution in [-0.2, 0) is 6.54 Å². The minimum atomic E-state index is -0.354. The number of furan rings is 1. The highest BCUT2D eigenvalue weighted by Crippen LogP contribution is 2.22. The summed E-state index contributed by atoms with van der Waals surface area (Å²) >= 11 is 3.37. The van der Waals surface area contributed by atoms with E-state index in [1.54, 1.807) is 42.5 Å². The molecule has 0 spiro atoms. The summed E-state index contributed by atoms with van der Waals surface area (Å²) in [6.45, 7) is 0.204. The van der Waals surface area contributed by atoms with Crippen LogP contribution < -0.4 is 10.6 Å². The van der Waals surface area contributed by atoms with Crippen molar-refractivity contribution in [3.63, 3.8) is 0 Å². The van der Waals surface area contributed by atoms with E-state index in [4.69, 9.17) is 4.42 Å². The van der Waals surface area contributed by atoms with Crippen molar-refractivity contribution in [2.45, 2.75) is 6.54 Å². The van der Waals surface area contributed by atoms with Gasteiger partial charge < -0.3 is 15.1 Å². The Morgan fingerprint density at radius 3 is 2.36 bits per heavy atom. The summed E-state index contributed by atoms with van der Waals surface area (Å²) in [4.78, 5) is 24.2. The lowest BCUT2D eigenvalue weighted by atomic mass is 10.2. The van der Waals surface area contributed by atoms with E-state index in [0.717, 1.165) is 4.47 Å². The van der Waals surface area contributed by atoms with E-state index in [1.807, 2.05) is 24.3 Å². The monoisotopic (exact) mass is 398 g/mol. The third-order valence-electron chi connectivity index (χ3n) is 3.47. The zero-order valence-electron chi connectivity index (χ0n) is 13.2. The summed E-state index contributed by atoms with van der Waals surface area (Å²) in [6.07, 6.45) is 0. The number of rotatable bonds is 5. The second-order valence-electron chi connectivity index (χ2n) is 5.25. The summed E-state index contributed by atoms with van der Waals surface area (Å²) in [5.41, 5.74) is 1.23. The number of carbonyl (C=O) groups excluding carboxylic acids is 2. The molecular weight excluding hydrogens is 384 g/mol. The second kappa shape index (κ2) is 7.81. The van der Waals surface area contributed by atoms with Gasteiger partial charge in [0.1, 0.15) is 5.76 Å². The molecule has 1 aromatic heterocycles. The van der Waals surface area contributed by atoms with Crippen molar-refractivity contribution in [1.82, 2.24) is 5.32 Å². The number of hydrogen-bond donors (Lipinski definition) is 2. The highest BCUT2D eigenvalue weighted by atomic mass is 79.9. The summed E-state index contributed by atoms with van der Waals surface area (Å²) < 4.78 is 6.28. The fraction of sp³-hybridized carbons (Fsp3) is 0.0526. The number of benzene rings is 2. The van der Waals surface area contributed by atoms with Gasteiger partial charge in [0, 0.05) is 10.0 Å². The first kappa shape index (κ1) is 17.0. The van der Waals surface area contributed by atoms with Gasteiger partial charge in [-0.15, -0.1) is 0 Å². The lowest BCUT2D eigenvalue weighted by Gasteiger charge is -2.05. The molecule has 0 radical (unpaired) electrons. The molecule has 2 aromatic carbocycles. The molecule has 0 unspecified atom stereocenters. The Balaban J connectivity index is 1.59. The molecule has 126 valence electrons. The van der Waals surface area contributed by atoms with Gasteiger partial charge in [-0.3, -0.25) is 9.59 Å².